The standard InChI is InChI=1S/C17H22ClN3/c1-12-6-7-13(9-19)10-21(12)11-15-8-14-4-2-3-5-16(14)20-17(15)18/h2-5,8,12-13H,6-7,9-11,19H2,1H3. The minimum atomic E-state index is 0.579. The number of rotatable bonds is 3. The SMILES string of the molecule is CC1CCC(CN)CN1Cc1cc2ccccc2nc1Cl. The van der Waals surface area contributed by atoms with Crippen molar-refractivity contribution in [2.45, 2.75) is 32.4 Å². The van der Waals surface area contributed by atoms with Gasteiger partial charge in [-0.1, -0.05) is 29.8 Å². The Balaban J connectivity index is 1.84. The van der Waals surface area contributed by atoms with E-state index in [0.29, 0.717) is 17.1 Å². The van der Waals surface area contributed by atoms with Crippen LogP contribution in [0.1, 0.15) is 25.3 Å². The van der Waals surface area contributed by atoms with Gasteiger partial charge in [-0.2, -0.15) is 0 Å². The molecule has 3 rings (SSSR count). The van der Waals surface area contributed by atoms with Gasteiger partial charge in [-0.3, -0.25) is 4.90 Å². The van der Waals surface area contributed by atoms with Gasteiger partial charge in [-0.15, -0.1) is 0 Å². The maximum absolute atomic E-state index is 6.38. The second-order valence-electron chi connectivity index (χ2n) is 6.09. The fourth-order valence-corrected chi connectivity index (χ4v) is 3.35. The summed E-state index contributed by atoms with van der Waals surface area (Å²) in [6.07, 6.45) is 2.44. The van der Waals surface area contributed by atoms with Gasteiger partial charge in [0.05, 0.1) is 5.52 Å². The average molecular weight is 304 g/mol. The number of likely N-dealkylation sites (tertiary alicyclic amines) is 1. The predicted octanol–water partition coefficient (Wildman–Crippen LogP) is 3.45. The highest BCUT2D eigenvalue weighted by Crippen LogP contribution is 2.26. The summed E-state index contributed by atoms with van der Waals surface area (Å²) in [6, 6.07) is 10.9. The summed E-state index contributed by atoms with van der Waals surface area (Å²) in [4.78, 5) is 7.00. The van der Waals surface area contributed by atoms with E-state index in [1.165, 1.54) is 12.8 Å². The first-order chi connectivity index (χ1) is 10.2. The number of halogens is 1. The van der Waals surface area contributed by atoms with Crippen molar-refractivity contribution in [3.05, 3.63) is 41.0 Å². The highest BCUT2D eigenvalue weighted by Gasteiger charge is 2.25. The third-order valence-corrected chi connectivity index (χ3v) is 4.89. The van der Waals surface area contributed by atoms with Crippen molar-refractivity contribution in [3.63, 3.8) is 0 Å². The lowest BCUT2D eigenvalue weighted by Crippen LogP contribution is -2.43. The molecule has 1 fully saturated rings. The second-order valence-corrected chi connectivity index (χ2v) is 6.45. The molecule has 2 N–H and O–H groups in total. The zero-order valence-corrected chi connectivity index (χ0v) is 13.2. The molecule has 0 amide bonds. The van der Waals surface area contributed by atoms with E-state index in [2.05, 4.69) is 28.9 Å². The maximum Gasteiger partial charge on any atom is 0.134 e. The highest BCUT2D eigenvalue weighted by molar-refractivity contribution is 6.30. The quantitative estimate of drug-likeness (QED) is 0.883. The van der Waals surface area contributed by atoms with Gasteiger partial charge >= 0.3 is 0 Å². The summed E-state index contributed by atoms with van der Waals surface area (Å²) in [7, 11) is 0. The molecular weight excluding hydrogens is 282 g/mol. The van der Waals surface area contributed by atoms with Crippen molar-refractivity contribution in [3.8, 4) is 0 Å². The molecule has 0 aliphatic carbocycles. The molecule has 2 atom stereocenters. The molecule has 21 heavy (non-hydrogen) atoms. The van der Waals surface area contributed by atoms with Crippen molar-refractivity contribution in [2.24, 2.45) is 11.7 Å². The molecule has 1 aliphatic heterocycles. The number of para-hydroxylation sites is 1. The molecular formula is C17H22ClN3. The second kappa shape index (κ2) is 6.30. The molecule has 0 spiro atoms. The Bertz CT molecular complexity index is 628. The molecule has 0 radical (unpaired) electrons. The van der Waals surface area contributed by atoms with Gasteiger partial charge in [-0.05, 0) is 44.4 Å². The minimum absolute atomic E-state index is 0.579. The largest absolute Gasteiger partial charge is 0.330 e. The van der Waals surface area contributed by atoms with Crippen molar-refractivity contribution < 1.29 is 0 Å². The zero-order valence-electron chi connectivity index (χ0n) is 12.4. The third kappa shape index (κ3) is 3.20. The Morgan fingerprint density at radius 1 is 1.33 bits per heavy atom. The minimum Gasteiger partial charge on any atom is -0.330 e. The van der Waals surface area contributed by atoms with E-state index in [4.69, 9.17) is 17.3 Å². The summed E-state index contributed by atoms with van der Waals surface area (Å²) in [6.45, 7) is 4.97. The van der Waals surface area contributed by atoms with Crippen LogP contribution in [-0.2, 0) is 6.54 Å². The number of nitrogens with two attached hydrogens (primary N) is 1. The first kappa shape index (κ1) is 14.8. The molecule has 1 aromatic heterocycles. The number of benzene rings is 1. The molecule has 1 saturated heterocycles. The number of hydrogen-bond donors (Lipinski definition) is 1. The summed E-state index contributed by atoms with van der Waals surface area (Å²) in [5.74, 6) is 0.605. The van der Waals surface area contributed by atoms with Gasteiger partial charge in [-0.25, -0.2) is 4.98 Å². The molecule has 112 valence electrons. The van der Waals surface area contributed by atoms with Crippen LogP contribution in [-0.4, -0.2) is 29.0 Å². The van der Waals surface area contributed by atoms with E-state index >= 15 is 0 Å². The lowest BCUT2D eigenvalue weighted by molar-refractivity contribution is 0.113. The first-order valence-corrected chi connectivity index (χ1v) is 8.03. The van der Waals surface area contributed by atoms with E-state index in [9.17, 15) is 0 Å². The van der Waals surface area contributed by atoms with Crippen LogP contribution in [0.3, 0.4) is 0 Å². The Hall–Kier alpha value is -1.16. The first-order valence-electron chi connectivity index (χ1n) is 7.65. The third-order valence-electron chi connectivity index (χ3n) is 4.57. The molecule has 1 aromatic carbocycles. The van der Waals surface area contributed by atoms with E-state index in [1.807, 2.05) is 18.2 Å². The Labute approximate surface area is 131 Å². The topological polar surface area (TPSA) is 42.1 Å². The maximum atomic E-state index is 6.38. The predicted molar refractivity (Wildman–Crippen MR) is 88.4 cm³/mol. The lowest BCUT2D eigenvalue weighted by atomic mass is 9.93. The van der Waals surface area contributed by atoms with Crippen molar-refractivity contribution >= 4 is 22.5 Å². The molecule has 2 aromatic rings. The molecule has 0 saturated carbocycles. The number of aromatic nitrogens is 1. The van der Waals surface area contributed by atoms with Gasteiger partial charge in [0.25, 0.3) is 0 Å². The summed E-state index contributed by atoms with van der Waals surface area (Å²) < 4.78 is 0. The molecule has 2 unspecified atom stereocenters. The molecule has 2 heterocycles. The van der Waals surface area contributed by atoms with E-state index in [1.54, 1.807) is 0 Å². The van der Waals surface area contributed by atoms with E-state index < -0.39 is 0 Å². The van der Waals surface area contributed by atoms with Gasteiger partial charge in [0.15, 0.2) is 0 Å². The molecule has 4 heteroatoms. The number of pyridine rings is 1. The van der Waals surface area contributed by atoms with Gasteiger partial charge in [0.1, 0.15) is 5.15 Å². The van der Waals surface area contributed by atoms with Crippen LogP contribution >= 0.6 is 11.6 Å². The van der Waals surface area contributed by atoms with Crippen LogP contribution in [0.4, 0.5) is 0 Å². The zero-order chi connectivity index (χ0) is 14.8. The number of fused-ring (bicyclic) bond motifs is 1. The van der Waals surface area contributed by atoms with Crippen molar-refractivity contribution in [2.75, 3.05) is 13.1 Å². The Kier molecular flexibility index (Phi) is 4.43. The van der Waals surface area contributed by atoms with Crippen LogP contribution in [0.5, 0.6) is 0 Å². The fourth-order valence-electron chi connectivity index (χ4n) is 3.14. The summed E-state index contributed by atoms with van der Waals surface area (Å²) in [5.41, 5.74) is 7.91. The smallest absolute Gasteiger partial charge is 0.134 e. The van der Waals surface area contributed by atoms with Gasteiger partial charge in [0.2, 0.25) is 0 Å². The van der Waals surface area contributed by atoms with Crippen LogP contribution < -0.4 is 5.73 Å². The van der Waals surface area contributed by atoms with Crippen molar-refractivity contribution in [1.82, 2.24) is 9.88 Å². The monoisotopic (exact) mass is 303 g/mol. The summed E-state index contributed by atoms with van der Waals surface area (Å²) in [5, 5.41) is 1.77. The lowest BCUT2D eigenvalue weighted by Gasteiger charge is -2.37. The molecule has 1 aliphatic rings. The van der Waals surface area contributed by atoms with E-state index in [0.717, 1.165) is 36.1 Å². The van der Waals surface area contributed by atoms with Gasteiger partial charge in [0, 0.05) is 30.1 Å². The normalized spacial score (nSPS) is 23.6. The number of nitrogens with zero attached hydrogens (tertiary/aromatic N) is 2. The molecule has 0 bridgehead atoms. The molecule has 3 nitrogen and oxygen atoms in total. The van der Waals surface area contributed by atoms with Crippen LogP contribution in [0.2, 0.25) is 5.15 Å². The summed E-state index contributed by atoms with van der Waals surface area (Å²) >= 11 is 6.38. The average Bonchev–Trinajstić information content (AvgIpc) is 2.50. The van der Waals surface area contributed by atoms with E-state index in [-0.39, 0.29) is 0 Å². The Morgan fingerprint density at radius 3 is 2.95 bits per heavy atom. The van der Waals surface area contributed by atoms with Gasteiger partial charge < -0.3 is 5.73 Å². The van der Waals surface area contributed by atoms with Crippen LogP contribution in [0.15, 0.2) is 30.3 Å². The number of piperidine rings is 1. The highest BCUT2D eigenvalue weighted by atomic mass is 35.5. The number of hydrogen-bond acceptors (Lipinski definition) is 3. The fraction of sp³-hybridized carbons (Fsp3) is 0.471. The van der Waals surface area contributed by atoms with Crippen LogP contribution in [0.25, 0.3) is 10.9 Å². The van der Waals surface area contributed by atoms with Crippen molar-refractivity contribution in [1.29, 1.82) is 0 Å². The Morgan fingerprint density at radius 2 is 2.14 bits per heavy atom. The van der Waals surface area contributed by atoms with Crippen LogP contribution in [0, 0.1) is 5.92 Å².